The lowest BCUT2D eigenvalue weighted by molar-refractivity contribution is 0.406. The molecule has 0 aliphatic rings. The molecule has 3 heteroatoms. The fraction of sp³-hybridized carbons (Fsp3) is 0.455. The monoisotopic (exact) mass is 189 g/mol. The molecule has 0 saturated heterocycles. The highest BCUT2D eigenvalue weighted by Gasteiger charge is 2.12. The van der Waals surface area contributed by atoms with E-state index >= 15 is 0 Å². The number of hydrogen-bond acceptors (Lipinski definition) is 2. The zero-order valence-corrected chi connectivity index (χ0v) is 8.83. The van der Waals surface area contributed by atoms with Gasteiger partial charge in [-0.1, -0.05) is 20.8 Å². The van der Waals surface area contributed by atoms with Crippen molar-refractivity contribution in [1.29, 1.82) is 0 Å². The molecule has 1 N–H and O–H groups in total. The van der Waals surface area contributed by atoms with Crippen LogP contribution in [-0.4, -0.2) is 15.0 Å². The lowest BCUT2D eigenvalue weighted by Gasteiger charge is -2.16. The summed E-state index contributed by atoms with van der Waals surface area (Å²) in [7, 11) is 0. The Morgan fingerprint density at radius 3 is 2.86 bits per heavy atom. The van der Waals surface area contributed by atoms with Gasteiger partial charge in [-0.2, -0.15) is 0 Å². The summed E-state index contributed by atoms with van der Waals surface area (Å²) < 4.78 is 0. The van der Waals surface area contributed by atoms with E-state index in [1.165, 1.54) is 0 Å². The van der Waals surface area contributed by atoms with Crippen LogP contribution < -0.4 is 0 Å². The zero-order chi connectivity index (χ0) is 10.2. The van der Waals surface area contributed by atoms with Gasteiger partial charge in [-0.05, 0) is 17.9 Å². The number of rotatable bonds is 1. The highest BCUT2D eigenvalue weighted by Crippen LogP contribution is 2.19. The molecule has 0 amide bonds. The van der Waals surface area contributed by atoms with Crippen molar-refractivity contribution >= 4 is 11.2 Å². The standard InChI is InChI=1S/C11H15N3/c1-11(2,3)6-8-7-13-9-4-5-12-10(9)14-8/h4-5,7H,6H2,1-3H3,(H,12,14). The van der Waals surface area contributed by atoms with Crippen molar-refractivity contribution < 1.29 is 0 Å². The predicted molar refractivity (Wildman–Crippen MR) is 57.0 cm³/mol. The third kappa shape index (κ3) is 1.92. The zero-order valence-electron chi connectivity index (χ0n) is 8.83. The van der Waals surface area contributed by atoms with E-state index in [0.717, 1.165) is 23.3 Å². The van der Waals surface area contributed by atoms with Gasteiger partial charge >= 0.3 is 0 Å². The fourth-order valence-corrected chi connectivity index (χ4v) is 1.49. The lowest BCUT2D eigenvalue weighted by atomic mass is 9.91. The van der Waals surface area contributed by atoms with Gasteiger partial charge in [0.05, 0.1) is 5.69 Å². The Balaban J connectivity index is 2.35. The maximum atomic E-state index is 4.50. The van der Waals surface area contributed by atoms with Crippen molar-refractivity contribution in [3.05, 3.63) is 24.2 Å². The van der Waals surface area contributed by atoms with Crippen molar-refractivity contribution in [2.24, 2.45) is 5.41 Å². The number of H-pyrrole nitrogens is 1. The molecular weight excluding hydrogens is 174 g/mol. The average molecular weight is 189 g/mol. The molecule has 0 aliphatic carbocycles. The van der Waals surface area contributed by atoms with Gasteiger partial charge in [0.2, 0.25) is 0 Å². The molecular formula is C11H15N3. The summed E-state index contributed by atoms with van der Waals surface area (Å²) in [5.74, 6) is 0. The van der Waals surface area contributed by atoms with Gasteiger partial charge in [0.1, 0.15) is 5.52 Å². The van der Waals surface area contributed by atoms with E-state index in [4.69, 9.17) is 0 Å². The molecule has 0 aromatic carbocycles. The number of nitrogens with one attached hydrogen (secondary N) is 1. The van der Waals surface area contributed by atoms with Crippen molar-refractivity contribution in [2.75, 3.05) is 0 Å². The molecule has 2 rings (SSSR count). The van der Waals surface area contributed by atoms with Crippen LogP contribution in [-0.2, 0) is 6.42 Å². The van der Waals surface area contributed by atoms with E-state index in [1.54, 1.807) is 0 Å². The van der Waals surface area contributed by atoms with Crippen molar-refractivity contribution in [2.45, 2.75) is 27.2 Å². The molecule has 14 heavy (non-hydrogen) atoms. The number of nitrogens with zero attached hydrogens (tertiary/aromatic N) is 2. The van der Waals surface area contributed by atoms with Crippen LogP contribution in [0.3, 0.4) is 0 Å². The van der Waals surface area contributed by atoms with Crippen LogP contribution in [0.25, 0.3) is 11.2 Å². The Kier molecular flexibility index (Phi) is 2.02. The van der Waals surface area contributed by atoms with Crippen molar-refractivity contribution in [1.82, 2.24) is 15.0 Å². The Morgan fingerprint density at radius 1 is 1.36 bits per heavy atom. The van der Waals surface area contributed by atoms with Gasteiger partial charge in [0.25, 0.3) is 0 Å². The molecule has 0 atom stereocenters. The van der Waals surface area contributed by atoms with Crippen LogP contribution in [0.4, 0.5) is 0 Å². The largest absolute Gasteiger partial charge is 0.345 e. The summed E-state index contributed by atoms with van der Waals surface area (Å²) in [6.45, 7) is 6.61. The summed E-state index contributed by atoms with van der Waals surface area (Å²) in [6, 6.07) is 1.93. The number of aromatic amines is 1. The van der Waals surface area contributed by atoms with Gasteiger partial charge in [0.15, 0.2) is 5.65 Å². The molecule has 2 heterocycles. The van der Waals surface area contributed by atoms with Crippen LogP contribution >= 0.6 is 0 Å². The van der Waals surface area contributed by atoms with Crippen LogP contribution in [0.1, 0.15) is 26.5 Å². The molecule has 0 spiro atoms. The van der Waals surface area contributed by atoms with Crippen LogP contribution in [0.5, 0.6) is 0 Å². The third-order valence-electron chi connectivity index (χ3n) is 2.02. The summed E-state index contributed by atoms with van der Waals surface area (Å²) in [4.78, 5) is 11.9. The van der Waals surface area contributed by atoms with Gasteiger partial charge in [-0.15, -0.1) is 0 Å². The second-order valence-electron chi connectivity index (χ2n) is 4.81. The van der Waals surface area contributed by atoms with Crippen molar-refractivity contribution in [3.63, 3.8) is 0 Å². The second-order valence-corrected chi connectivity index (χ2v) is 4.81. The van der Waals surface area contributed by atoms with Gasteiger partial charge in [-0.25, -0.2) is 4.98 Å². The average Bonchev–Trinajstić information content (AvgIpc) is 2.47. The predicted octanol–water partition coefficient (Wildman–Crippen LogP) is 2.55. The Labute approximate surface area is 83.6 Å². The summed E-state index contributed by atoms with van der Waals surface area (Å²) in [5.41, 5.74) is 3.12. The van der Waals surface area contributed by atoms with Crippen LogP contribution in [0, 0.1) is 5.41 Å². The molecule has 2 aromatic rings. The summed E-state index contributed by atoms with van der Waals surface area (Å²) in [5, 5.41) is 0. The highest BCUT2D eigenvalue weighted by molar-refractivity contribution is 5.69. The highest BCUT2D eigenvalue weighted by atomic mass is 14.9. The van der Waals surface area contributed by atoms with E-state index in [0.29, 0.717) is 0 Å². The lowest BCUT2D eigenvalue weighted by Crippen LogP contribution is -2.10. The van der Waals surface area contributed by atoms with Gasteiger partial charge < -0.3 is 4.98 Å². The molecule has 0 fully saturated rings. The number of fused-ring (bicyclic) bond motifs is 1. The maximum absolute atomic E-state index is 4.50. The Hall–Kier alpha value is -1.38. The molecule has 3 nitrogen and oxygen atoms in total. The van der Waals surface area contributed by atoms with E-state index in [-0.39, 0.29) is 5.41 Å². The minimum atomic E-state index is 0.259. The van der Waals surface area contributed by atoms with E-state index in [9.17, 15) is 0 Å². The third-order valence-corrected chi connectivity index (χ3v) is 2.02. The SMILES string of the molecule is CC(C)(C)Cc1cnc2cc[nH]c2n1. The van der Waals surface area contributed by atoms with Gasteiger partial charge in [0, 0.05) is 12.4 Å². The normalized spacial score (nSPS) is 12.2. The maximum Gasteiger partial charge on any atom is 0.156 e. The molecule has 0 saturated carbocycles. The first-order valence-corrected chi connectivity index (χ1v) is 4.84. The first-order chi connectivity index (χ1) is 6.54. The molecule has 0 unspecified atom stereocenters. The minimum absolute atomic E-state index is 0.259. The van der Waals surface area contributed by atoms with E-state index in [1.807, 2.05) is 18.5 Å². The number of hydrogen-bond donors (Lipinski definition) is 1. The van der Waals surface area contributed by atoms with Crippen LogP contribution in [0.2, 0.25) is 0 Å². The number of aromatic nitrogens is 3. The molecule has 2 aromatic heterocycles. The van der Waals surface area contributed by atoms with Crippen LogP contribution in [0.15, 0.2) is 18.5 Å². The smallest absolute Gasteiger partial charge is 0.156 e. The molecule has 74 valence electrons. The first kappa shape index (κ1) is 9.19. The Morgan fingerprint density at radius 2 is 2.14 bits per heavy atom. The molecule has 0 bridgehead atoms. The molecule has 0 aliphatic heterocycles. The first-order valence-electron chi connectivity index (χ1n) is 4.84. The van der Waals surface area contributed by atoms with Crippen molar-refractivity contribution in [3.8, 4) is 0 Å². The topological polar surface area (TPSA) is 41.6 Å². The summed E-state index contributed by atoms with van der Waals surface area (Å²) >= 11 is 0. The minimum Gasteiger partial charge on any atom is -0.345 e. The molecule has 0 radical (unpaired) electrons. The summed E-state index contributed by atoms with van der Waals surface area (Å²) in [6.07, 6.45) is 4.68. The van der Waals surface area contributed by atoms with Gasteiger partial charge in [-0.3, -0.25) is 4.98 Å². The fourth-order valence-electron chi connectivity index (χ4n) is 1.49. The quantitative estimate of drug-likeness (QED) is 0.749. The van der Waals surface area contributed by atoms with E-state index < -0.39 is 0 Å². The van der Waals surface area contributed by atoms with E-state index in [2.05, 4.69) is 35.7 Å². The Bertz CT molecular complexity index is 437. The second kappa shape index (κ2) is 3.08.